The fourth-order valence-corrected chi connectivity index (χ4v) is 3.39. The number of halogens is 1. The number of amides is 2. The number of carbonyl (C=O) groups excluding carboxylic acids is 2. The number of benzene rings is 1. The van der Waals surface area contributed by atoms with Crippen LogP contribution in [0.2, 0.25) is 5.02 Å². The summed E-state index contributed by atoms with van der Waals surface area (Å²) in [5.74, 6) is 0.882. The van der Waals surface area contributed by atoms with Gasteiger partial charge in [-0.25, -0.2) is 0 Å². The van der Waals surface area contributed by atoms with E-state index < -0.39 is 11.5 Å². The minimum atomic E-state index is -1.02. The molecule has 1 fully saturated rings. The van der Waals surface area contributed by atoms with E-state index in [-0.39, 0.29) is 38.5 Å². The zero-order chi connectivity index (χ0) is 21.6. The maximum absolute atomic E-state index is 12.7. The molecule has 1 aliphatic heterocycles. The zero-order valence-corrected chi connectivity index (χ0v) is 17.4. The minimum absolute atomic E-state index is 0.0658. The van der Waals surface area contributed by atoms with Gasteiger partial charge in [-0.2, -0.15) is 0 Å². The molecule has 1 atom stereocenters. The summed E-state index contributed by atoms with van der Waals surface area (Å²) < 4.78 is 21.8. The number of hydrogen-bond donors (Lipinski definition) is 1. The Kier molecular flexibility index (Phi) is 7.17. The molecule has 10 heteroatoms. The van der Waals surface area contributed by atoms with Crippen molar-refractivity contribution in [2.45, 2.75) is 24.9 Å². The normalized spacial score (nSPS) is 18.8. The maximum atomic E-state index is 12.7. The third-order valence-electron chi connectivity index (χ3n) is 4.74. The van der Waals surface area contributed by atoms with E-state index in [1.807, 2.05) is 0 Å². The first-order valence-corrected chi connectivity index (χ1v) is 9.85. The first-order chi connectivity index (χ1) is 14.4. The Hall–Kier alpha value is -2.78. The molecule has 1 aromatic carbocycles. The Morgan fingerprint density at radius 1 is 1.33 bits per heavy atom. The van der Waals surface area contributed by atoms with E-state index in [9.17, 15) is 9.59 Å². The molecule has 0 radical (unpaired) electrons. The largest absolute Gasteiger partial charge is 0.490 e. The van der Waals surface area contributed by atoms with Gasteiger partial charge in [0.2, 0.25) is 11.8 Å². The highest BCUT2D eigenvalue weighted by molar-refractivity contribution is 6.30. The maximum Gasteiger partial charge on any atom is 0.254 e. The molecule has 2 amide bonds. The summed E-state index contributed by atoms with van der Waals surface area (Å²) >= 11 is 5.89. The van der Waals surface area contributed by atoms with Gasteiger partial charge in [0.05, 0.1) is 26.7 Å². The van der Waals surface area contributed by atoms with Crippen molar-refractivity contribution in [3.8, 4) is 11.6 Å². The number of nitrogens with zero attached hydrogens (tertiary/aromatic N) is 2. The van der Waals surface area contributed by atoms with Gasteiger partial charge in [-0.15, -0.1) is 0 Å². The van der Waals surface area contributed by atoms with Crippen LogP contribution in [0.3, 0.4) is 0 Å². The van der Waals surface area contributed by atoms with Crippen molar-refractivity contribution in [3.05, 3.63) is 41.1 Å². The van der Waals surface area contributed by atoms with Crippen LogP contribution in [0.1, 0.15) is 18.6 Å². The lowest BCUT2D eigenvalue weighted by Crippen LogP contribution is -2.58. The van der Waals surface area contributed by atoms with Gasteiger partial charge in [0, 0.05) is 30.5 Å². The monoisotopic (exact) mass is 437 g/mol. The van der Waals surface area contributed by atoms with Crippen molar-refractivity contribution in [2.24, 2.45) is 5.73 Å². The Morgan fingerprint density at radius 2 is 2.10 bits per heavy atom. The second-order valence-corrected chi connectivity index (χ2v) is 7.50. The summed E-state index contributed by atoms with van der Waals surface area (Å²) in [5, 5.41) is 4.31. The van der Waals surface area contributed by atoms with Crippen LogP contribution in [-0.4, -0.2) is 60.9 Å². The highest BCUT2D eigenvalue weighted by Crippen LogP contribution is 2.25. The van der Waals surface area contributed by atoms with Gasteiger partial charge in [-0.3, -0.25) is 9.59 Å². The third kappa shape index (κ3) is 5.87. The molecule has 2 N–H and O–H groups in total. The Morgan fingerprint density at radius 3 is 2.77 bits per heavy atom. The Labute approximate surface area is 179 Å². The quantitative estimate of drug-likeness (QED) is 0.635. The van der Waals surface area contributed by atoms with Crippen LogP contribution in [-0.2, 0) is 20.7 Å². The van der Waals surface area contributed by atoms with E-state index in [1.165, 1.54) is 7.11 Å². The second kappa shape index (κ2) is 9.82. The van der Waals surface area contributed by atoms with E-state index in [2.05, 4.69) is 5.16 Å². The number of ether oxygens (including phenoxy) is 3. The van der Waals surface area contributed by atoms with Crippen LogP contribution >= 0.6 is 11.6 Å². The van der Waals surface area contributed by atoms with E-state index in [0.29, 0.717) is 35.4 Å². The summed E-state index contributed by atoms with van der Waals surface area (Å²) in [6, 6.07) is 8.49. The van der Waals surface area contributed by atoms with Gasteiger partial charge in [0.1, 0.15) is 23.7 Å². The van der Waals surface area contributed by atoms with Crippen molar-refractivity contribution in [1.29, 1.82) is 0 Å². The minimum Gasteiger partial charge on any atom is -0.490 e. The number of carbonyl (C=O) groups is 2. The van der Waals surface area contributed by atoms with Gasteiger partial charge in [-0.05, 0) is 29.4 Å². The van der Waals surface area contributed by atoms with E-state index >= 15 is 0 Å². The van der Waals surface area contributed by atoms with E-state index in [1.54, 1.807) is 35.2 Å². The van der Waals surface area contributed by atoms with Crippen molar-refractivity contribution in [1.82, 2.24) is 10.1 Å². The Balaban J connectivity index is 1.62. The number of aromatic nitrogens is 1. The number of aryl methyl sites for hydroxylation is 1. The first kappa shape index (κ1) is 21.9. The summed E-state index contributed by atoms with van der Waals surface area (Å²) in [7, 11) is 1.49. The average Bonchev–Trinajstić information content (AvgIpc) is 3.19. The zero-order valence-electron chi connectivity index (χ0n) is 16.6. The predicted octanol–water partition coefficient (Wildman–Crippen LogP) is 1.82. The molecule has 0 spiro atoms. The Bertz CT molecular complexity index is 872. The van der Waals surface area contributed by atoms with Crippen molar-refractivity contribution in [2.75, 3.05) is 33.4 Å². The third-order valence-corrected chi connectivity index (χ3v) is 5.00. The van der Waals surface area contributed by atoms with Gasteiger partial charge in [-0.1, -0.05) is 11.6 Å². The van der Waals surface area contributed by atoms with Crippen LogP contribution in [0.5, 0.6) is 11.6 Å². The SMILES string of the molecule is COc1cc(CCC(=O)N2CCO[C@@](COc3ccc(Cl)cc3)(CC(N)=O)C2)on1. The van der Waals surface area contributed by atoms with Crippen molar-refractivity contribution in [3.63, 3.8) is 0 Å². The van der Waals surface area contributed by atoms with Crippen LogP contribution < -0.4 is 15.2 Å². The first-order valence-electron chi connectivity index (χ1n) is 9.47. The van der Waals surface area contributed by atoms with Gasteiger partial charge < -0.3 is 29.4 Å². The lowest BCUT2D eigenvalue weighted by Gasteiger charge is -2.42. The number of primary amides is 1. The summed E-state index contributed by atoms with van der Waals surface area (Å²) in [6.45, 7) is 0.960. The fraction of sp³-hybridized carbons (Fsp3) is 0.450. The number of rotatable bonds is 9. The van der Waals surface area contributed by atoms with Crippen LogP contribution in [0.25, 0.3) is 0 Å². The van der Waals surface area contributed by atoms with Gasteiger partial charge in [0.15, 0.2) is 0 Å². The highest BCUT2D eigenvalue weighted by Gasteiger charge is 2.40. The number of hydrogen-bond acceptors (Lipinski definition) is 7. The smallest absolute Gasteiger partial charge is 0.254 e. The summed E-state index contributed by atoms with van der Waals surface area (Å²) in [5.41, 5.74) is 4.42. The molecule has 3 rings (SSSR count). The number of morpholine rings is 1. The molecule has 1 aromatic heterocycles. The van der Waals surface area contributed by atoms with Gasteiger partial charge in [0.25, 0.3) is 5.88 Å². The molecule has 0 unspecified atom stereocenters. The van der Waals surface area contributed by atoms with Gasteiger partial charge >= 0.3 is 0 Å². The van der Waals surface area contributed by atoms with Crippen LogP contribution in [0, 0.1) is 0 Å². The molecule has 0 aliphatic carbocycles. The molecule has 0 saturated carbocycles. The number of nitrogens with two attached hydrogens (primary N) is 1. The molecule has 2 aromatic rings. The predicted molar refractivity (Wildman–Crippen MR) is 107 cm³/mol. The standard InChI is InChI=1S/C20H24ClN3O6/c1-27-18-10-16(30-23-18)6-7-19(26)24-8-9-29-20(12-24,11-17(22)25)13-28-15-4-2-14(21)3-5-15/h2-5,10H,6-9,11-13H2,1H3,(H2,22,25)/t20-/m0/s1. The average molecular weight is 438 g/mol. The van der Waals surface area contributed by atoms with Crippen LogP contribution in [0.4, 0.5) is 0 Å². The molecule has 30 heavy (non-hydrogen) atoms. The fourth-order valence-electron chi connectivity index (χ4n) is 3.26. The van der Waals surface area contributed by atoms with Crippen molar-refractivity contribution >= 4 is 23.4 Å². The van der Waals surface area contributed by atoms with Crippen molar-refractivity contribution < 1.29 is 28.3 Å². The molecule has 162 valence electrons. The summed E-state index contributed by atoms with van der Waals surface area (Å²) in [6.07, 6.45) is 0.545. The van der Waals surface area contributed by atoms with Crippen LogP contribution in [0.15, 0.2) is 34.9 Å². The summed E-state index contributed by atoms with van der Waals surface area (Å²) in [4.78, 5) is 26.1. The number of methoxy groups -OCH3 is 1. The molecular formula is C20H24ClN3O6. The highest BCUT2D eigenvalue weighted by atomic mass is 35.5. The topological polar surface area (TPSA) is 117 Å². The lowest BCUT2D eigenvalue weighted by molar-refractivity contribution is -0.161. The van der Waals surface area contributed by atoms with E-state index in [0.717, 1.165) is 0 Å². The molecule has 0 bridgehead atoms. The molecule has 1 saturated heterocycles. The van der Waals surface area contributed by atoms with E-state index in [4.69, 9.17) is 36.1 Å². The lowest BCUT2D eigenvalue weighted by atomic mass is 9.97. The second-order valence-electron chi connectivity index (χ2n) is 7.07. The molecular weight excluding hydrogens is 414 g/mol. The molecule has 9 nitrogen and oxygen atoms in total. The molecule has 2 heterocycles. The molecule has 1 aliphatic rings.